The number of benzene rings is 4. The molecule has 446 valence electrons. The third-order valence-electron chi connectivity index (χ3n) is 13.2. The van der Waals surface area contributed by atoms with Crippen molar-refractivity contribution in [1.29, 1.82) is 0 Å². The predicted molar refractivity (Wildman–Crippen MR) is 318 cm³/mol. The second-order valence-corrected chi connectivity index (χ2v) is 20.4. The molecule has 0 aromatic heterocycles. The summed E-state index contributed by atoms with van der Waals surface area (Å²) >= 11 is 0. The average molecular weight is 1130 g/mol. The SMILES string of the molecule is C/C=C/C(=O)NC(Cc1ccccc1)C(=O)OCCCCCCOC(=O)C(Cc1ccccc1)NC(=O)CCCCCCCCC(C)=O.CNC(Cc1ccccc1)C(=O)OCCCCCCOC(=O)C(Cc1ccccc1)NC(C)=O. The van der Waals surface area contributed by atoms with E-state index in [-0.39, 0.29) is 48.7 Å². The molecule has 3 amide bonds. The number of hydrogen-bond donors (Lipinski definition) is 4. The molecule has 4 aromatic rings. The van der Waals surface area contributed by atoms with E-state index in [2.05, 4.69) is 21.3 Å². The second-order valence-electron chi connectivity index (χ2n) is 20.4. The van der Waals surface area contributed by atoms with E-state index in [9.17, 15) is 38.4 Å². The maximum absolute atomic E-state index is 13.0. The van der Waals surface area contributed by atoms with Crippen LogP contribution in [0.5, 0.6) is 0 Å². The number of esters is 4. The molecule has 0 saturated heterocycles. The number of ether oxygens (including phenoxy) is 4. The van der Waals surface area contributed by atoms with Gasteiger partial charge >= 0.3 is 23.9 Å². The number of likely N-dealkylation sites (N-methyl/N-ethyl adjacent to an activating group) is 1. The highest BCUT2D eigenvalue weighted by atomic mass is 16.5. The highest BCUT2D eigenvalue weighted by Crippen LogP contribution is 2.13. The van der Waals surface area contributed by atoms with Gasteiger partial charge in [-0.15, -0.1) is 0 Å². The topological polar surface area (TPSA) is 222 Å². The van der Waals surface area contributed by atoms with Crippen LogP contribution in [0.1, 0.15) is 146 Å². The highest BCUT2D eigenvalue weighted by molar-refractivity contribution is 5.91. The molecular weight excluding hydrogens is 1040 g/mol. The smallest absolute Gasteiger partial charge is 0.328 e. The summed E-state index contributed by atoms with van der Waals surface area (Å²) < 4.78 is 21.8. The molecule has 0 aliphatic carbocycles. The van der Waals surface area contributed by atoms with Gasteiger partial charge in [-0.2, -0.15) is 0 Å². The van der Waals surface area contributed by atoms with Crippen LogP contribution in [0.4, 0.5) is 0 Å². The number of hydrogen-bond acceptors (Lipinski definition) is 13. The van der Waals surface area contributed by atoms with Gasteiger partial charge in [-0.3, -0.25) is 19.2 Å². The van der Waals surface area contributed by atoms with Gasteiger partial charge in [0.1, 0.15) is 30.0 Å². The van der Waals surface area contributed by atoms with E-state index in [0.29, 0.717) is 71.0 Å². The van der Waals surface area contributed by atoms with Crippen molar-refractivity contribution in [1.82, 2.24) is 21.3 Å². The van der Waals surface area contributed by atoms with E-state index in [1.165, 1.54) is 13.0 Å². The fourth-order valence-corrected chi connectivity index (χ4v) is 8.74. The fraction of sp³-hybridized carbons (Fsp3) is 0.485. The second kappa shape index (κ2) is 43.3. The van der Waals surface area contributed by atoms with Crippen molar-refractivity contribution in [2.75, 3.05) is 33.5 Å². The lowest BCUT2D eigenvalue weighted by molar-refractivity contribution is -0.148. The Balaban J connectivity index is 0.000000456. The van der Waals surface area contributed by atoms with E-state index < -0.39 is 36.0 Å². The summed E-state index contributed by atoms with van der Waals surface area (Å²) in [5.74, 6) is -2.14. The van der Waals surface area contributed by atoms with Crippen LogP contribution >= 0.6 is 0 Å². The molecule has 16 heteroatoms. The largest absolute Gasteiger partial charge is 0.465 e. The van der Waals surface area contributed by atoms with Crippen molar-refractivity contribution >= 4 is 47.4 Å². The summed E-state index contributed by atoms with van der Waals surface area (Å²) in [5.41, 5.74) is 3.90. The summed E-state index contributed by atoms with van der Waals surface area (Å²) in [6, 6.07) is 35.7. The Morgan fingerprint density at radius 2 is 0.695 bits per heavy atom. The van der Waals surface area contributed by atoms with Crippen molar-refractivity contribution in [3.63, 3.8) is 0 Å². The number of amides is 3. The van der Waals surface area contributed by atoms with Gasteiger partial charge in [0.05, 0.1) is 26.4 Å². The van der Waals surface area contributed by atoms with Crippen LogP contribution in [0.3, 0.4) is 0 Å². The average Bonchev–Trinajstić information content (AvgIpc) is 3.49. The molecule has 0 radical (unpaired) electrons. The summed E-state index contributed by atoms with van der Waals surface area (Å²) in [7, 11) is 1.76. The number of allylic oxidation sites excluding steroid dienone is 1. The predicted octanol–water partition coefficient (Wildman–Crippen LogP) is 9.59. The number of unbranched alkanes of at least 4 members (excludes halogenated alkanes) is 11. The lowest BCUT2D eigenvalue weighted by Crippen LogP contribution is -2.43. The van der Waals surface area contributed by atoms with Crippen LogP contribution in [0.25, 0.3) is 0 Å². The Bertz CT molecular complexity index is 2480. The monoisotopic (exact) mass is 1130 g/mol. The van der Waals surface area contributed by atoms with E-state index in [4.69, 9.17) is 18.9 Å². The molecule has 16 nitrogen and oxygen atoms in total. The Labute approximate surface area is 486 Å². The quantitative estimate of drug-likeness (QED) is 0.0141. The molecule has 0 heterocycles. The molecule has 0 bridgehead atoms. The van der Waals surface area contributed by atoms with Gasteiger partial charge in [0.15, 0.2) is 0 Å². The van der Waals surface area contributed by atoms with Gasteiger partial charge in [0.2, 0.25) is 17.7 Å². The highest BCUT2D eigenvalue weighted by Gasteiger charge is 2.25. The zero-order valence-electron chi connectivity index (χ0n) is 48.9. The van der Waals surface area contributed by atoms with Gasteiger partial charge in [0, 0.05) is 39.0 Å². The first kappa shape index (κ1) is 68.8. The number of nitrogens with one attached hydrogen (secondary N) is 4. The van der Waals surface area contributed by atoms with Crippen LogP contribution in [0, 0.1) is 0 Å². The van der Waals surface area contributed by atoms with E-state index >= 15 is 0 Å². The number of rotatable bonds is 40. The zero-order valence-corrected chi connectivity index (χ0v) is 48.9. The summed E-state index contributed by atoms with van der Waals surface area (Å²) in [5, 5.41) is 11.3. The lowest BCUT2D eigenvalue weighted by atomic mass is 10.0. The molecule has 4 atom stereocenters. The van der Waals surface area contributed by atoms with Crippen molar-refractivity contribution in [3.8, 4) is 0 Å². The Kier molecular flexibility index (Phi) is 36.3. The van der Waals surface area contributed by atoms with Gasteiger partial charge in [-0.1, -0.05) is 153 Å². The fourth-order valence-electron chi connectivity index (χ4n) is 8.74. The summed E-state index contributed by atoms with van der Waals surface area (Å²) in [6.45, 7) is 5.87. The maximum Gasteiger partial charge on any atom is 0.328 e. The van der Waals surface area contributed by atoms with Crippen LogP contribution in [-0.2, 0) is 83.0 Å². The normalized spacial score (nSPS) is 12.3. The molecule has 0 aliphatic rings. The Morgan fingerprint density at radius 1 is 0.390 bits per heavy atom. The molecule has 0 fully saturated rings. The standard InChI is InChI=1S/C39H54N2O7.C27H36N2O5/c1-3-20-36(43)40-34(29-32-22-13-10-14-23-32)38(45)47-27-18-8-9-19-28-48-39(46)35(30-33-24-15-11-16-25-33)41-37(44)26-17-7-5-4-6-12-21-31(2)42;1-21(30)29-25(20-23-15-9-6-10-16-23)27(32)34-18-12-4-3-11-17-33-26(31)24(28-2)19-22-13-7-5-8-14-22/h3,10-11,13-16,20,22-25,34-35H,4-9,12,17-19,21,26-30H2,1-2H3,(H,40,43)(H,41,44);5-10,13-16,24-25,28H,3-4,11-12,17-20H2,1-2H3,(H,29,30)/b20-3+;. The van der Waals surface area contributed by atoms with Gasteiger partial charge < -0.3 is 45.0 Å². The van der Waals surface area contributed by atoms with Crippen molar-refractivity contribution in [2.24, 2.45) is 0 Å². The number of carbonyl (C=O) groups excluding carboxylic acids is 8. The van der Waals surface area contributed by atoms with Crippen molar-refractivity contribution in [3.05, 3.63) is 156 Å². The summed E-state index contributed by atoms with van der Waals surface area (Å²) in [6.07, 6.45) is 17.4. The Morgan fingerprint density at radius 3 is 1.04 bits per heavy atom. The molecule has 4 N–H and O–H groups in total. The van der Waals surface area contributed by atoms with Crippen molar-refractivity contribution in [2.45, 2.75) is 173 Å². The van der Waals surface area contributed by atoms with Crippen LogP contribution < -0.4 is 21.3 Å². The lowest BCUT2D eigenvalue weighted by Gasteiger charge is -2.18. The van der Waals surface area contributed by atoms with E-state index in [1.807, 2.05) is 121 Å². The first-order valence-electron chi connectivity index (χ1n) is 29.3. The maximum atomic E-state index is 13.0. The third kappa shape index (κ3) is 32.7. The van der Waals surface area contributed by atoms with Gasteiger partial charge in [0.25, 0.3) is 0 Å². The summed E-state index contributed by atoms with van der Waals surface area (Å²) in [4.78, 5) is 97.7. The van der Waals surface area contributed by atoms with Gasteiger partial charge in [-0.05, 0) is 120 Å². The van der Waals surface area contributed by atoms with E-state index in [0.717, 1.165) is 92.9 Å². The van der Waals surface area contributed by atoms with Gasteiger partial charge in [-0.25, -0.2) is 14.4 Å². The van der Waals surface area contributed by atoms with Crippen LogP contribution in [0.2, 0.25) is 0 Å². The molecule has 0 spiro atoms. The first-order chi connectivity index (χ1) is 39.8. The molecular formula is C66H90N4O12. The number of carbonyl (C=O) groups is 8. The molecule has 0 saturated carbocycles. The molecule has 4 rings (SSSR count). The number of Topliss-reactive ketones (excluding diaryl/α,β-unsaturated/α-hetero) is 1. The zero-order chi connectivity index (χ0) is 59.4. The molecule has 0 aliphatic heterocycles. The minimum atomic E-state index is -0.783. The minimum Gasteiger partial charge on any atom is -0.465 e. The van der Waals surface area contributed by atoms with Crippen molar-refractivity contribution < 1.29 is 57.3 Å². The third-order valence-corrected chi connectivity index (χ3v) is 13.2. The van der Waals surface area contributed by atoms with E-state index in [1.54, 1.807) is 27.0 Å². The number of ketones is 1. The molecule has 4 aromatic carbocycles. The van der Waals surface area contributed by atoms with Crippen LogP contribution in [0.15, 0.2) is 133 Å². The minimum absolute atomic E-state index is 0.161. The first-order valence-corrected chi connectivity index (χ1v) is 29.3. The molecule has 82 heavy (non-hydrogen) atoms. The Hall–Kier alpha value is -7.46. The van der Waals surface area contributed by atoms with Crippen LogP contribution in [-0.4, -0.2) is 105 Å². The molecule has 4 unspecified atom stereocenters.